The average Bonchev–Trinajstić information content (AvgIpc) is 2.98. The molecule has 6 nitrogen and oxygen atoms in total. The second kappa shape index (κ2) is 8.56. The number of carbonyl (C=O) groups excluding carboxylic acids is 2. The van der Waals surface area contributed by atoms with E-state index >= 15 is 0 Å². The van der Waals surface area contributed by atoms with Crippen molar-refractivity contribution in [3.63, 3.8) is 0 Å². The van der Waals surface area contributed by atoms with Gasteiger partial charge in [-0.1, -0.05) is 23.2 Å². The minimum atomic E-state index is -0.460. The first-order valence-corrected chi connectivity index (χ1v) is 9.26. The highest BCUT2D eigenvalue weighted by atomic mass is 35.5. The Labute approximate surface area is 161 Å². The van der Waals surface area contributed by atoms with Crippen LogP contribution in [-0.2, 0) is 16.0 Å². The monoisotopic (exact) mass is 395 g/mol. The summed E-state index contributed by atoms with van der Waals surface area (Å²) in [6.07, 6.45) is 4.61. The molecule has 1 fully saturated rings. The molecule has 2 aromatic rings. The zero-order valence-corrected chi connectivity index (χ0v) is 15.6. The molecule has 0 spiro atoms. The molecule has 0 aliphatic carbocycles. The Hall–Kier alpha value is -2.05. The summed E-state index contributed by atoms with van der Waals surface area (Å²) in [5.74, 6) is 0.639. The summed E-state index contributed by atoms with van der Waals surface area (Å²) in [7, 11) is 0. The lowest BCUT2D eigenvalue weighted by Crippen LogP contribution is -2.45. The van der Waals surface area contributed by atoms with Gasteiger partial charge in [-0.2, -0.15) is 0 Å². The Morgan fingerprint density at radius 1 is 1.35 bits per heavy atom. The van der Waals surface area contributed by atoms with Crippen LogP contribution in [0.3, 0.4) is 0 Å². The number of aromatic nitrogens is 1. The van der Waals surface area contributed by atoms with E-state index in [0.717, 1.165) is 12.8 Å². The SMILES string of the molecule is O=C(CCc1ncc(-c2ccc(Cl)cc2Cl)o1)NC1CCCCNC1=O. The van der Waals surface area contributed by atoms with Gasteiger partial charge in [-0.05, 0) is 37.5 Å². The van der Waals surface area contributed by atoms with E-state index in [1.165, 1.54) is 0 Å². The molecule has 0 bridgehead atoms. The van der Waals surface area contributed by atoms with E-state index in [1.54, 1.807) is 24.4 Å². The van der Waals surface area contributed by atoms with Gasteiger partial charge < -0.3 is 15.1 Å². The number of aryl methyl sites for hydroxylation is 1. The minimum Gasteiger partial charge on any atom is -0.441 e. The van der Waals surface area contributed by atoms with Crippen molar-refractivity contribution in [2.24, 2.45) is 0 Å². The number of halogens is 2. The second-order valence-electron chi connectivity index (χ2n) is 6.15. The van der Waals surface area contributed by atoms with Gasteiger partial charge in [-0.15, -0.1) is 0 Å². The molecule has 1 aliphatic rings. The van der Waals surface area contributed by atoms with Crippen LogP contribution in [0.5, 0.6) is 0 Å². The molecule has 1 aromatic carbocycles. The van der Waals surface area contributed by atoms with Crippen molar-refractivity contribution >= 4 is 35.0 Å². The Balaban J connectivity index is 1.56. The first-order chi connectivity index (χ1) is 12.5. The standard InChI is InChI=1S/C18H19Cl2N3O3/c19-11-4-5-12(13(20)9-11)15-10-22-17(26-15)7-6-16(24)23-14-3-1-2-8-21-18(14)25/h4-5,9-10,14H,1-3,6-8H2,(H,21,25)(H,23,24). The lowest BCUT2D eigenvalue weighted by Gasteiger charge is -2.14. The predicted molar refractivity (Wildman–Crippen MR) is 99.1 cm³/mol. The smallest absolute Gasteiger partial charge is 0.242 e. The van der Waals surface area contributed by atoms with Crippen molar-refractivity contribution in [2.75, 3.05) is 6.54 Å². The van der Waals surface area contributed by atoms with Crippen molar-refractivity contribution in [1.29, 1.82) is 0 Å². The van der Waals surface area contributed by atoms with Crippen LogP contribution in [0.15, 0.2) is 28.8 Å². The molecule has 2 amide bonds. The van der Waals surface area contributed by atoms with Crippen LogP contribution < -0.4 is 10.6 Å². The van der Waals surface area contributed by atoms with Gasteiger partial charge in [0.05, 0.1) is 11.2 Å². The fourth-order valence-corrected chi connectivity index (χ4v) is 3.31. The molecule has 3 rings (SSSR count). The lowest BCUT2D eigenvalue weighted by atomic mass is 10.1. The summed E-state index contributed by atoms with van der Waals surface area (Å²) in [6.45, 7) is 0.664. The third kappa shape index (κ3) is 4.77. The molecule has 2 heterocycles. The molecule has 26 heavy (non-hydrogen) atoms. The molecular weight excluding hydrogens is 377 g/mol. The number of nitrogens with one attached hydrogen (secondary N) is 2. The minimum absolute atomic E-state index is 0.119. The van der Waals surface area contributed by atoms with Gasteiger partial charge >= 0.3 is 0 Å². The van der Waals surface area contributed by atoms with E-state index in [9.17, 15) is 9.59 Å². The summed E-state index contributed by atoms with van der Waals surface area (Å²) in [5, 5.41) is 6.58. The third-order valence-corrected chi connectivity index (χ3v) is 4.73. The summed E-state index contributed by atoms with van der Waals surface area (Å²) >= 11 is 12.1. The molecule has 1 saturated heterocycles. The van der Waals surface area contributed by atoms with Gasteiger partial charge in [-0.3, -0.25) is 9.59 Å². The molecule has 138 valence electrons. The average molecular weight is 396 g/mol. The highest BCUT2D eigenvalue weighted by Crippen LogP contribution is 2.30. The van der Waals surface area contributed by atoms with E-state index in [2.05, 4.69) is 15.6 Å². The lowest BCUT2D eigenvalue weighted by molar-refractivity contribution is -0.128. The van der Waals surface area contributed by atoms with Gasteiger partial charge in [0.1, 0.15) is 6.04 Å². The fraction of sp³-hybridized carbons (Fsp3) is 0.389. The highest BCUT2D eigenvalue weighted by Gasteiger charge is 2.22. The van der Waals surface area contributed by atoms with E-state index in [4.69, 9.17) is 27.6 Å². The molecular formula is C18H19Cl2N3O3. The molecule has 2 N–H and O–H groups in total. The number of carbonyl (C=O) groups is 2. The quantitative estimate of drug-likeness (QED) is 0.812. The van der Waals surface area contributed by atoms with Crippen LogP contribution in [0.1, 0.15) is 31.6 Å². The molecule has 0 saturated carbocycles. The van der Waals surface area contributed by atoms with E-state index in [1.807, 2.05) is 0 Å². The summed E-state index contributed by atoms with van der Waals surface area (Å²) in [5.41, 5.74) is 0.689. The van der Waals surface area contributed by atoms with Crippen molar-refractivity contribution in [1.82, 2.24) is 15.6 Å². The van der Waals surface area contributed by atoms with Crippen LogP contribution >= 0.6 is 23.2 Å². The highest BCUT2D eigenvalue weighted by molar-refractivity contribution is 6.36. The first-order valence-electron chi connectivity index (χ1n) is 8.50. The Kier molecular flexibility index (Phi) is 6.16. The molecule has 8 heteroatoms. The predicted octanol–water partition coefficient (Wildman–Crippen LogP) is 3.37. The topological polar surface area (TPSA) is 84.2 Å². The number of hydrogen-bond donors (Lipinski definition) is 2. The normalized spacial score (nSPS) is 17.5. The van der Waals surface area contributed by atoms with Crippen molar-refractivity contribution in [3.05, 3.63) is 40.3 Å². The van der Waals surface area contributed by atoms with Crippen LogP contribution in [0.25, 0.3) is 11.3 Å². The number of rotatable bonds is 5. The molecule has 1 unspecified atom stereocenters. The second-order valence-corrected chi connectivity index (χ2v) is 6.99. The maximum absolute atomic E-state index is 12.1. The number of oxazole rings is 1. The summed E-state index contributed by atoms with van der Waals surface area (Å²) in [6, 6.07) is 4.65. The van der Waals surface area contributed by atoms with Gasteiger partial charge in [0.2, 0.25) is 11.8 Å². The summed E-state index contributed by atoms with van der Waals surface area (Å²) in [4.78, 5) is 28.2. The number of hydrogen-bond acceptors (Lipinski definition) is 4. The fourth-order valence-electron chi connectivity index (χ4n) is 2.80. The third-order valence-electron chi connectivity index (χ3n) is 4.19. The van der Waals surface area contributed by atoms with Gasteiger partial charge in [0, 0.05) is 30.0 Å². The van der Waals surface area contributed by atoms with E-state index in [0.29, 0.717) is 46.6 Å². The Bertz CT molecular complexity index is 807. The number of benzene rings is 1. The number of amides is 2. The maximum Gasteiger partial charge on any atom is 0.242 e. The molecule has 0 radical (unpaired) electrons. The van der Waals surface area contributed by atoms with Crippen molar-refractivity contribution < 1.29 is 14.0 Å². The van der Waals surface area contributed by atoms with Crippen molar-refractivity contribution in [2.45, 2.75) is 38.1 Å². The Morgan fingerprint density at radius 2 is 2.19 bits per heavy atom. The van der Waals surface area contributed by atoms with Crippen molar-refractivity contribution in [3.8, 4) is 11.3 Å². The Morgan fingerprint density at radius 3 is 3.00 bits per heavy atom. The van der Waals surface area contributed by atoms with E-state index in [-0.39, 0.29) is 18.2 Å². The van der Waals surface area contributed by atoms with Gasteiger partial charge in [-0.25, -0.2) is 4.98 Å². The van der Waals surface area contributed by atoms with Crippen LogP contribution in [-0.4, -0.2) is 29.4 Å². The number of nitrogens with zero attached hydrogens (tertiary/aromatic N) is 1. The zero-order valence-electron chi connectivity index (χ0n) is 14.1. The van der Waals surface area contributed by atoms with Gasteiger partial charge in [0.25, 0.3) is 0 Å². The molecule has 1 atom stereocenters. The largest absolute Gasteiger partial charge is 0.441 e. The zero-order chi connectivity index (χ0) is 18.5. The van der Waals surface area contributed by atoms with E-state index < -0.39 is 6.04 Å². The molecule has 1 aliphatic heterocycles. The first kappa shape index (κ1) is 18.7. The maximum atomic E-state index is 12.1. The van der Waals surface area contributed by atoms with Crippen LogP contribution in [0.4, 0.5) is 0 Å². The van der Waals surface area contributed by atoms with Crippen LogP contribution in [0.2, 0.25) is 10.0 Å². The summed E-state index contributed by atoms with van der Waals surface area (Å²) < 4.78 is 5.67. The molecule has 1 aromatic heterocycles. The van der Waals surface area contributed by atoms with Gasteiger partial charge in [0.15, 0.2) is 11.7 Å². The van der Waals surface area contributed by atoms with Crippen LogP contribution in [0, 0.1) is 0 Å².